The third-order valence-corrected chi connectivity index (χ3v) is 5.63. The van der Waals surface area contributed by atoms with Crippen LogP contribution in [0, 0.1) is 23.7 Å². The first-order chi connectivity index (χ1) is 15.8. The summed E-state index contributed by atoms with van der Waals surface area (Å²) < 4.78 is 0. The molecule has 32 heavy (non-hydrogen) atoms. The first kappa shape index (κ1) is 23.4. The molecule has 162 valence electrons. The van der Waals surface area contributed by atoms with E-state index in [0.29, 0.717) is 0 Å². The first-order valence-corrected chi connectivity index (χ1v) is 12.1. The molecule has 0 heteroatoms. The molecule has 0 amide bonds. The Hall–Kier alpha value is -3.22. The number of hydrogen-bond acceptors (Lipinski definition) is 0. The molecule has 0 spiro atoms. The van der Waals surface area contributed by atoms with Crippen LogP contribution in [0.1, 0.15) is 85.8 Å². The third kappa shape index (κ3) is 8.13. The van der Waals surface area contributed by atoms with Crippen molar-refractivity contribution >= 4 is 0 Å². The van der Waals surface area contributed by atoms with Crippen molar-refractivity contribution < 1.29 is 0 Å². The maximum atomic E-state index is 3.28. The van der Waals surface area contributed by atoms with Crippen molar-refractivity contribution in [1.29, 1.82) is 0 Å². The topological polar surface area (TPSA) is 0 Å². The molecule has 3 aromatic carbocycles. The fourth-order valence-electron chi connectivity index (χ4n) is 3.57. The van der Waals surface area contributed by atoms with Gasteiger partial charge in [0.2, 0.25) is 0 Å². The van der Waals surface area contributed by atoms with E-state index in [1.54, 1.807) is 0 Å². The predicted molar refractivity (Wildman–Crippen MR) is 138 cm³/mol. The number of aryl methyl sites for hydroxylation is 2. The highest BCUT2D eigenvalue weighted by Gasteiger charge is 1.95. The molecule has 0 aromatic heterocycles. The van der Waals surface area contributed by atoms with Gasteiger partial charge in [0.15, 0.2) is 0 Å². The van der Waals surface area contributed by atoms with Gasteiger partial charge >= 0.3 is 0 Å². The second kappa shape index (κ2) is 13.2. The van der Waals surface area contributed by atoms with Gasteiger partial charge in [-0.1, -0.05) is 87.5 Å². The van der Waals surface area contributed by atoms with Gasteiger partial charge in [0.05, 0.1) is 0 Å². The van der Waals surface area contributed by atoms with Crippen LogP contribution in [0.25, 0.3) is 0 Å². The third-order valence-electron chi connectivity index (χ3n) is 5.63. The number of unbranched alkanes of at least 4 members (excludes halogenated alkanes) is 4. The Bertz CT molecular complexity index is 1060. The molecule has 0 bridgehead atoms. The first-order valence-electron chi connectivity index (χ1n) is 12.1. The van der Waals surface area contributed by atoms with Crippen molar-refractivity contribution in [3.8, 4) is 23.7 Å². The molecular weight excluding hydrogens is 384 g/mol. The Morgan fingerprint density at radius 2 is 0.750 bits per heavy atom. The summed E-state index contributed by atoms with van der Waals surface area (Å²) in [7, 11) is 0. The van der Waals surface area contributed by atoms with Crippen LogP contribution in [-0.2, 0) is 12.8 Å². The minimum absolute atomic E-state index is 1.01. The summed E-state index contributed by atoms with van der Waals surface area (Å²) in [6.45, 7) is 4.48. The zero-order valence-electron chi connectivity index (χ0n) is 19.6. The molecule has 0 aliphatic carbocycles. The van der Waals surface area contributed by atoms with E-state index in [0.717, 1.165) is 28.7 Å². The molecule has 0 unspecified atom stereocenters. The molecule has 0 nitrogen and oxygen atoms in total. The van der Waals surface area contributed by atoms with E-state index in [-0.39, 0.29) is 0 Å². The zero-order chi connectivity index (χ0) is 22.4. The van der Waals surface area contributed by atoms with Crippen LogP contribution >= 0.6 is 0 Å². The molecule has 0 aliphatic rings. The molecule has 0 heterocycles. The molecule has 0 saturated heterocycles. The van der Waals surface area contributed by atoms with Crippen LogP contribution in [0.3, 0.4) is 0 Å². The lowest BCUT2D eigenvalue weighted by atomic mass is 10.0. The van der Waals surface area contributed by atoms with Gasteiger partial charge in [-0.2, -0.15) is 0 Å². The second-order valence-electron chi connectivity index (χ2n) is 8.39. The predicted octanol–water partition coefficient (Wildman–Crippen LogP) is 7.95. The smallest absolute Gasteiger partial charge is 0.0249 e. The molecule has 3 aromatic rings. The largest absolute Gasteiger partial charge is 0.0654 e. The summed E-state index contributed by atoms with van der Waals surface area (Å²) in [6.07, 6.45) is 10.0. The summed E-state index contributed by atoms with van der Waals surface area (Å²) in [6, 6.07) is 25.5. The van der Waals surface area contributed by atoms with Gasteiger partial charge < -0.3 is 0 Å². The molecule has 0 atom stereocenters. The van der Waals surface area contributed by atoms with E-state index in [2.05, 4.69) is 86.1 Å². The Labute approximate surface area is 195 Å². The van der Waals surface area contributed by atoms with Crippen LogP contribution in [0.5, 0.6) is 0 Å². The van der Waals surface area contributed by atoms with E-state index in [9.17, 15) is 0 Å². The second-order valence-corrected chi connectivity index (χ2v) is 8.39. The van der Waals surface area contributed by atoms with Gasteiger partial charge in [0, 0.05) is 22.3 Å². The van der Waals surface area contributed by atoms with Crippen LogP contribution in [0.4, 0.5) is 0 Å². The maximum absolute atomic E-state index is 3.28. The highest BCUT2D eigenvalue weighted by molar-refractivity contribution is 5.48. The van der Waals surface area contributed by atoms with Crippen LogP contribution in [0.15, 0.2) is 72.8 Å². The molecule has 0 fully saturated rings. The lowest BCUT2D eigenvalue weighted by Crippen LogP contribution is -1.86. The summed E-state index contributed by atoms with van der Waals surface area (Å²) in [5.41, 5.74) is 6.95. The Morgan fingerprint density at radius 1 is 0.406 bits per heavy atom. The molecule has 0 saturated carbocycles. The quantitative estimate of drug-likeness (QED) is 0.257. The van der Waals surface area contributed by atoms with Crippen molar-refractivity contribution in [2.45, 2.75) is 65.2 Å². The summed E-state index contributed by atoms with van der Waals surface area (Å²) in [5, 5.41) is 0. The van der Waals surface area contributed by atoms with Gasteiger partial charge in [0.1, 0.15) is 0 Å². The Morgan fingerprint density at radius 3 is 1.12 bits per heavy atom. The van der Waals surface area contributed by atoms with Crippen molar-refractivity contribution in [2.75, 3.05) is 0 Å². The number of benzene rings is 3. The highest BCUT2D eigenvalue weighted by atomic mass is 14.0. The summed E-state index contributed by atoms with van der Waals surface area (Å²) >= 11 is 0. The number of rotatable bonds is 8. The Kier molecular flexibility index (Phi) is 9.71. The van der Waals surface area contributed by atoms with Gasteiger partial charge in [-0.25, -0.2) is 0 Å². The lowest BCUT2D eigenvalue weighted by molar-refractivity contribution is 0.667. The summed E-state index contributed by atoms with van der Waals surface area (Å²) in [4.78, 5) is 0. The normalized spacial score (nSPS) is 10.1. The van der Waals surface area contributed by atoms with Crippen LogP contribution < -0.4 is 0 Å². The average Bonchev–Trinajstić information content (AvgIpc) is 2.85. The fourth-order valence-corrected chi connectivity index (χ4v) is 3.57. The summed E-state index contributed by atoms with van der Waals surface area (Å²) in [5.74, 6) is 13.1. The van der Waals surface area contributed by atoms with Gasteiger partial charge in [-0.3, -0.25) is 0 Å². The molecule has 3 rings (SSSR count). The lowest BCUT2D eigenvalue weighted by Gasteiger charge is -2.01. The minimum atomic E-state index is 1.01. The average molecular weight is 419 g/mol. The molecule has 0 N–H and O–H groups in total. The van der Waals surface area contributed by atoms with E-state index >= 15 is 0 Å². The standard InChI is InChI=1S/C32H34/c1-3-5-7-8-10-28-13-17-30(18-14-28)20-22-32-25-23-31(24-26-32)21-19-29-15-11-27(12-16-29)9-6-4-2/h11-18,23-26H,3-10H2,1-2H3. The minimum Gasteiger partial charge on any atom is -0.0654 e. The van der Waals surface area contributed by atoms with Crippen molar-refractivity contribution in [3.05, 3.63) is 106 Å². The van der Waals surface area contributed by atoms with E-state index < -0.39 is 0 Å². The maximum Gasteiger partial charge on any atom is 0.0249 e. The van der Waals surface area contributed by atoms with E-state index in [1.807, 2.05) is 24.3 Å². The SMILES string of the molecule is CCCCCCc1ccc(C#Cc2ccc(C#Cc3ccc(CCCC)cc3)cc2)cc1. The monoisotopic (exact) mass is 418 g/mol. The van der Waals surface area contributed by atoms with Crippen LogP contribution in [0.2, 0.25) is 0 Å². The van der Waals surface area contributed by atoms with E-state index in [1.165, 1.54) is 56.1 Å². The van der Waals surface area contributed by atoms with Crippen LogP contribution in [-0.4, -0.2) is 0 Å². The van der Waals surface area contributed by atoms with Crippen molar-refractivity contribution in [2.24, 2.45) is 0 Å². The van der Waals surface area contributed by atoms with E-state index in [4.69, 9.17) is 0 Å². The number of hydrogen-bond donors (Lipinski definition) is 0. The van der Waals surface area contributed by atoms with Gasteiger partial charge in [-0.05, 0) is 85.3 Å². The Balaban J connectivity index is 1.54. The molecular formula is C32H34. The highest BCUT2D eigenvalue weighted by Crippen LogP contribution is 2.10. The zero-order valence-corrected chi connectivity index (χ0v) is 19.6. The van der Waals surface area contributed by atoms with Crippen molar-refractivity contribution in [1.82, 2.24) is 0 Å². The molecule has 0 aliphatic heterocycles. The molecule has 0 radical (unpaired) electrons. The fraction of sp³-hybridized carbons (Fsp3) is 0.312. The van der Waals surface area contributed by atoms with Crippen molar-refractivity contribution in [3.63, 3.8) is 0 Å². The van der Waals surface area contributed by atoms with Gasteiger partial charge in [-0.15, -0.1) is 0 Å². The van der Waals surface area contributed by atoms with Gasteiger partial charge in [0.25, 0.3) is 0 Å².